The zero-order valence-corrected chi connectivity index (χ0v) is 9.98. The third-order valence-corrected chi connectivity index (χ3v) is 2.73. The average Bonchev–Trinajstić information content (AvgIpc) is 2.36. The Bertz CT molecular complexity index is 426. The van der Waals surface area contributed by atoms with Crippen LogP contribution >= 0.6 is 0 Å². The molecule has 0 spiro atoms. The highest BCUT2D eigenvalue weighted by atomic mass is 16.6. The van der Waals surface area contributed by atoms with E-state index in [0.717, 1.165) is 24.5 Å². The van der Waals surface area contributed by atoms with Gasteiger partial charge in [0.2, 0.25) is 0 Å². The van der Waals surface area contributed by atoms with E-state index in [-0.39, 0.29) is 0 Å². The third kappa shape index (κ3) is 3.11. The van der Waals surface area contributed by atoms with E-state index in [0.29, 0.717) is 19.8 Å². The quantitative estimate of drug-likeness (QED) is 0.737. The summed E-state index contributed by atoms with van der Waals surface area (Å²) in [4.78, 5) is 2.00. The molecule has 1 aliphatic heterocycles. The van der Waals surface area contributed by atoms with E-state index in [2.05, 4.69) is 6.07 Å². The lowest BCUT2D eigenvalue weighted by atomic mass is 10.1. The SMILES string of the molecule is CN(CC#N)CCc1ccc2c(c1)OCCO2. The molecule has 0 aromatic heterocycles. The summed E-state index contributed by atoms with van der Waals surface area (Å²) in [6, 6.07) is 8.16. The molecule has 0 atom stereocenters. The summed E-state index contributed by atoms with van der Waals surface area (Å²) >= 11 is 0. The predicted octanol–water partition coefficient (Wildman–Crippen LogP) is 1.46. The first kappa shape index (κ1) is 11.7. The molecule has 17 heavy (non-hydrogen) atoms. The molecule has 0 saturated heterocycles. The minimum absolute atomic E-state index is 0.463. The number of nitriles is 1. The predicted molar refractivity (Wildman–Crippen MR) is 64.2 cm³/mol. The maximum atomic E-state index is 8.56. The molecule has 0 bridgehead atoms. The summed E-state index contributed by atoms with van der Waals surface area (Å²) in [7, 11) is 1.95. The molecule has 4 nitrogen and oxygen atoms in total. The van der Waals surface area contributed by atoms with Crippen LogP contribution in [0.15, 0.2) is 18.2 Å². The van der Waals surface area contributed by atoms with Gasteiger partial charge in [0.25, 0.3) is 0 Å². The first-order chi connectivity index (χ1) is 8.29. The van der Waals surface area contributed by atoms with Gasteiger partial charge in [-0.15, -0.1) is 0 Å². The fourth-order valence-corrected chi connectivity index (χ4v) is 1.76. The van der Waals surface area contributed by atoms with Crippen LogP contribution in [-0.2, 0) is 6.42 Å². The highest BCUT2D eigenvalue weighted by Gasteiger charge is 2.11. The second-order valence-electron chi connectivity index (χ2n) is 4.12. The topological polar surface area (TPSA) is 45.5 Å². The van der Waals surface area contributed by atoms with Crippen LogP contribution in [0, 0.1) is 11.3 Å². The highest BCUT2D eigenvalue weighted by Crippen LogP contribution is 2.30. The Labute approximate surface area is 101 Å². The lowest BCUT2D eigenvalue weighted by Crippen LogP contribution is -2.21. The maximum absolute atomic E-state index is 8.56. The molecule has 0 radical (unpaired) electrons. The first-order valence-corrected chi connectivity index (χ1v) is 5.73. The van der Waals surface area contributed by atoms with Crippen molar-refractivity contribution in [3.05, 3.63) is 23.8 Å². The summed E-state index contributed by atoms with van der Waals surface area (Å²) in [6.07, 6.45) is 0.912. The van der Waals surface area contributed by atoms with Gasteiger partial charge in [-0.3, -0.25) is 4.90 Å². The molecule has 1 aliphatic rings. The molecule has 1 aromatic carbocycles. The van der Waals surface area contributed by atoms with E-state index in [1.165, 1.54) is 5.56 Å². The molecule has 4 heteroatoms. The Kier molecular flexibility index (Phi) is 3.84. The summed E-state index contributed by atoms with van der Waals surface area (Å²) in [6.45, 7) is 2.57. The summed E-state index contributed by atoms with van der Waals surface area (Å²) < 4.78 is 11.0. The van der Waals surface area contributed by atoms with Crippen molar-refractivity contribution < 1.29 is 9.47 Å². The molecule has 2 rings (SSSR count). The second kappa shape index (κ2) is 5.55. The van der Waals surface area contributed by atoms with Crippen LogP contribution in [-0.4, -0.2) is 38.3 Å². The van der Waals surface area contributed by atoms with Gasteiger partial charge >= 0.3 is 0 Å². The molecule has 0 saturated carbocycles. The van der Waals surface area contributed by atoms with Gasteiger partial charge in [-0.25, -0.2) is 0 Å². The fourth-order valence-electron chi connectivity index (χ4n) is 1.76. The van der Waals surface area contributed by atoms with E-state index in [1.807, 2.05) is 30.1 Å². The molecule has 0 amide bonds. The van der Waals surface area contributed by atoms with Gasteiger partial charge in [0.1, 0.15) is 13.2 Å². The molecule has 0 unspecified atom stereocenters. The molecule has 0 fully saturated rings. The molecule has 1 aromatic rings. The maximum Gasteiger partial charge on any atom is 0.161 e. The number of likely N-dealkylation sites (N-methyl/N-ethyl adjacent to an activating group) is 1. The second-order valence-corrected chi connectivity index (χ2v) is 4.12. The van der Waals surface area contributed by atoms with Gasteiger partial charge in [0, 0.05) is 6.54 Å². The zero-order valence-electron chi connectivity index (χ0n) is 9.98. The molecular formula is C13H16N2O2. The molecule has 0 aliphatic carbocycles. The first-order valence-electron chi connectivity index (χ1n) is 5.73. The van der Waals surface area contributed by atoms with Crippen LogP contribution in [0.5, 0.6) is 11.5 Å². The lowest BCUT2D eigenvalue weighted by molar-refractivity contribution is 0.171. The number of fused-ring (bicyclic) bond motifs is 1. The number of hydrogen-bond donors (Lipinski definition) is 0. The van der Waals surface area contributed by atoms with Crippen LogP contribution in [0.25, 0.3) is 0 Å². The summed E-state index contributed by atoms with van der Waals surface area (Å²) in [5.74, 6) is 1.65. The van der Waals surface area contributed by atoms with Crippen LogP contribution < -0.4 is 9.47 Å². The van der Waals surface area contributed by atoms with E-state index >= 15 is 0 Å². The molecular weight excluding hydrogens is 216 g/mol. The van der Waals surface area contributed by atoms with Gasteiger partial charge in [-0.05, 0) is 31.2 Å². The van der Waals surface area contributed by atoms with Crippen LogP contribution in [0.2, 0.25) is 0 Å². The number of nitrogens with zero attached hydrogens (tertiary/aromatic N) is 2. The van der Waals surface area contributed by atoms with E-state index < -0.39 is 0 Å². The fraction of sp³-hybridized carbons (Fsp3) is 0.462. The molecule has 90 valence electrons. The van der Waals surface area contributed by atoms with Crippen LogP contribution in [0.3, 0.4) is 0 Å². The lowest BCUT2D eigenvalue weighted by Gasteiger charge is -2.19. The summed E-state index contributed by atoms with van der Waals surface area (Å²) in [5.41, 5.74) is 1.21. The van der Waals surface area contributed by atoms with Crippen LogP contribution in [0.1, 0.15) is 5.56 Å². The Hall–Kier alpha value is -1.73. The van der Waals surface area contributed by atoms with Crippen molar-refractivity contribution in [1.29, 1.82) is 5.26 Å². The van der Waals surface area contributed by atoms with E-state index in [9.17, 15) is 0 Å². The van der Waals surface area contributed by atoms with Crippen molar-refractivity contribution in [3.63, 3.8) is 0 Å². The van der Waals surface area contributed by atoms with Gasteiger partial charge in [-0.2, -0.15) is 5.26 Å². The highest BCUT2D eigenvalue weighted by molar-refractivity contribution is 5.43. The molecule has 1 heterocycles. The Morgan fingerprint density at radius 3 is 2.82 bits per heavy atom. The minimum Gasteiger partial charge on any atom is -0.486 e. The van der Waals surface area contributed by atoms with Crippen LogP contribution in [0.4, 0.5) is 0 Å². The van der Waals surface area contributed by atoms with Crippen molar-refractivity contribution in [2.45, 2.75) is 6.42 Å². The van der Waals surface area contributed by atoms with Crippen molar-refractivity contribution in [2.75, 3.05) is 33.4 Å². The number of ether oxygens (including phenoxy) is 2. The van der Waals surface area contributed by atoms with Gasteiger partial charge in [-0.1, -0.05) is 6.07 Å². The van der Waals surface area contributed by atoms with Crippen molar-refractivity contribution in [3.8, 4) is 17.6 Å². The summed E-state index contributed by atoms with van der Waals surface area (Å²) in [5, 5.41) is 8.56. The van der Waals surface area contributed by atoms with Gasteiger partial charge < -0.3 is 9.47 Å². The number of benzene rings is 1. The Balaban J connectivity index is 1.95. The van der Waals surface area contributed by atoms with Crippen molar-refractivity contribution in [1.82, 2.24) is 4.90 Å². The third-order valence-electron chi connectivity index (χ3n) is 2.73. The van der Waals surface area contributed by atoms with Crippen molar-refractivity contribution >= 4 is 0 Å². The monoisotopic (exact) mass is 232 g/mol. The average molecular weight is 232 g/mol. The van der Waals surface area contributed by atoms with E-state index in [1.54, 1.807) is 0 Å². The zero-order chi connectivity index (χ0) is 12.1. The van der Waals surface area contributed by atoms with Crippen molar-refractivity contribution in [2.24, 2.45) is 0 Å². The largest absolute Gasteiger partial charge is 0.486 e. The Morgan fingerprint density at radius 1 is 1.29 bits per heavy atom. The number of rotatable bonds is 4. The standard InChI is InChI=1S/C13H16N2O2/c1-15(7-5-14)6-4-11-2-3-12-13(10-11)17-9-8-16-12/h2-3,10H,4,6-9H2,1H3. The molecule has 0 N–H and O–H groups in total. The Morgan fingerprint density at radius 2 is 2.06 bits per heavy atom. The number of hydrogen-bond acceptors (Lipinski definition) is 4. The minimum atomic E-state index is 0.463. The normalized spacial score (nSPS) is 13.5. The van der Waals surface area contributed by atoms with E-state index in [4.69, 9.17) is 14.7 Å². The van der Waals surface area contributed by atoms with Gasteiger partial charge in [0.15, 0.2) is 11.5 Å². The smallest absolute Gasteiger partial charge is 0.161 e. The van der Waals surface area contributed by atoms with Gasteiger partial charge in [0.05, 0.1) is 12.6 Å².